The number of aliphatic hydroxyl groups is 1. The lowest BCUT2D eigenvalue weighted by Gasteiger charge is -2.57. The van der Waals surface area contributed by atoms with Crippen molar-refractivity contribution < 1.29 is 18.7 Å². The second-order valence-corrected chi connectivity index (χ2v) is 10.4. The Morgan fingerprint density at radius 2 is 1.81 bits per heavy atom. The minimum Gasteiger partial charge on any atom is -0.384 e. The summed E-state index contributed by atoms with van der Waals surface area (Å²) in [6.07, 6.45) is 5.15. The van der Waals surface area contributed by atoms with Crippen LogP contribution in [-0.2, 0) is 4.79 Å². The van der Waals surface area contributed by atoms with Crippen molar-refractivity contribution in [3.63, 3.8) is 0 Å². The third-order valence-electron chi connectivity index (χ3n) is 8.97. The lowest BCUT2D eigenvalue weighted by molar-refractivity contribution is -0.160. The quantitative estimate of drug-likeness (QED) is 0.620. The van der Waals surface area contributed by atoms with Gasteiger partial charge in [0.05, 0.1) is 5.33 Å². The summed E-state index contributed by atoms with van der Waals surface area (Å²) in [5.74, 6) is 3.21. The summed E-state index contributed by atoms with van der Waals surface area (Å²) < 4.78 is 26.6. The second kappa shape index (κ2) is 6.79. The van der Waals surface area contributed by atoms with Gasteiger partial charge in [-0.1, -0.05) is 22.9 Å². The largest absolute Gasteiger partial charge is 0.384 e. The van der Waals surface area contributed by atoms with E-state index in [9.17, 15) is 18.7 Å². The Balaban J connectivity index is 1.52. The topological polar surface area (TPSA) is 37.3 Å². The predicted octanol–water partition coefficient (Wildman–Crippen LogP) is 5.22. The van der Waals surface area contributed by atoms with E-state index in [0.29, 0.717) is 34.8 Å². The smallest absolute Gasteiger partial charge is 0.266 e. The van der Waals surface area contributed by atoms with Crippen LogP contribution in [0.25, 0.3) is 0 Å². The van der Waals surface area contributed by atoms with Gasteiger partial charge in [-0.25, -0.2) is 8.78 Å². The Morgan fingerprint density at radius 1 is 1.08 bits per heavy atom. The zero-order valence-corrected chi connectivity index (χ0v) is 17.2. The first-order valence-electron chi connectivity index (χ1n) is 10.4. The van der Waals surface area contributed by atoms with Crippen LogP contribution in [0.2, 0.25) is 0 Å². The normalized spacial score (nSPS) is 50.8. The SMILES string of the molecule is C[C@]12CC[C@H]3C(CC[C@@H]4C[C@@](O)(C(F)F)CC[C@@H]43)[C@@H]1CC[C@@H]2C(=O)CBr. The summed E-state index contributed by atoms with van der Waals surface area (Å²) in [7, 11) is 0. The average molecular weight is 433 g/mol. The highest BCUT2D eigenvalue weighted by Gasteiger charge is 2.59. The molecule has 148 valence electrons. The van der Waals surface area contributed by atoms with Crippen molar-refractivity contribution in [2.45, 2.75) is 76.7 Å². The lowest BCUT2D eigenvalue weighted by atomic mass is 9.49. The molecule has 5 heteroatoms. The molecule has 8 atom stereocenters. The van der Waals surface area contributed by atoms with Crippen molar-refractivity contribution in [2.24, 2.45) is 40.9 Å². The van der Waals surface area contributed by atoms with E-state index in [2.05, 4.69) is 22.9 Å². The van der Waals surface area contributed by atoms with Gasteiger partial charge in [-0.05, 0) is 92.8 Å². The van der Waals surface area contributed by atoms with Crippen LogP contribution in [0.4, 0.5) is 8.78 Å². The van der Waals surface area contributed by atoms with Gasteiger partial charge in [0.25, 0.3) is 6.43 Å². The third kappa shape index (κ3) is 2.82. The molecule has 1 N–H and O–H groups in total. The first-order valence-corrected chi connectivity index (χ1v) is 11.5. The van der Waals surface area contributed by atoms with Crippen LogP contribution in [0.15, 0.2) is 0 Å². The van der Waals surface area contributed by atoms with E-state index in [-0.39, 0.29) is 30.1 Å². The molecule has 0 aromatic rings. The fraction of sp³-hybridized carbons (Fsp3) is 0.952. The number of hydrogen-bond donors (Lipinski definition) is 1. The first-order chi connectivity index (χ1) is 12.3. The number of carbonyl (C=O) groups excluding carboxylic acids is 1. The number of fused-ring (bicyclic) bond motifs is 5. The average Bonchev–Trinajstić information content (AvgIpc) is 2.97. The molecule has 0 heterocycles. The van der Waals surface area contributed by atoms with Crippen molar-refractivity contribution >= 4 is 21.7 Å². The van der Waals surface area contributed by atoms with Crippen molar-refractivity contribution in [3.8, 4) is 0 Å². The lowest BCUT2D eigenvalue weighted by Crippen LogP contribution is -2.53. The summed E-state index contributed by atoms with van der Waals surface area (Å²) in [5.41, 5.74) is -1.62. The number of carbonyl (C=O) groups is 1. The monoisotopic (exact) mass is 432 g/mol. The summed E-state index contributed by atoms with van der Waals surface area (Å²) >= 11 is 3.37. The molecule has 0 radical (unpaired) electrons. The maximum atomic E-state index is 13.3. The molecule has 0 bridgehead atoms. The Hall–Kier alpha value is -0.0300. The molecule has 26 heavy (non-hydrogen) atoms. The highest BCUT2D eigenvalue weighted by molar-refractivity contribution is 9.09. The van der Waals surface area contributed by atoms with E-state index in [0.717, 1.165) is 44.9 Å². The molecule has 0 aromatic carbocycles. The Labute approximate surface area is 163 Å². The van der Waals surface area contributed by atoms with Crippen LogP contribution < -0.4 is 0 Å². The van der Waals surface area contributed by atoms with E-state index < -0.39 is 12.0 Å². The van der Waals surface area contributed by atoms with E-state index in [1.807, 2.05) is 0 Å². The minimum atomic E-state index is -2.62. The first kappa shape index (κ1) is 19.3. The molecular weight excluding hydrogens is 402 g/mol. The van der Waals surface area contributed by atoms with Crippen LogP contribution in [0.3, 0.4) is 0 Å². The van der Waals surface area contributed by atoms with Gasteiger partial charge in [-0.3, -0.25) is 4.79 Å². The van der Waals surface area contributed by atoms with Crippen LogP contribution in [0.5, 0.6) is 0 Å². The third-order valence-corrected chi connectivity index (χ3v) is 9.52. The summed E-state index contributed by atoms with van der Waals surface area (Å²) in [4.78, 5) is 12.5. The summed E-state index contributed by atoms with van der Waals surface area (Å²) in [5, 5.41) is 10.8. The van der Waals surface area contributed by atoms with Gasteiger partial charge in [-0.15, -0.1) is 0 Å². The molecule has 0 amide bonds. The molecule has 4 rings (SSSR count). The molecule has 4 fully saturated rings. The molecule has 0 spiro atoms. The van der Waals surface area contributed by atoms with Gasteiger partial charge in [0.1, 0.15) is 11.4 Å². The van der Waals surface area contributed by atoms with E-state index in [4.69, 9.17) is 0 Å². The number of ketones is 1. The zero-order chi connectivity index (χ0) is 18.7. The fourth-order valence-electron chi connectivity index (χ4n) is 7.73. The van der Waals surface area contributed by atoms with Crippen LogP contribution in [0.1, 0.15) is 64.7 Å². The molecule has 0 aromatic heterocycles. The molecule has 0 saturated heterocycles. The minimum absolute atomic E-state index is 0.136. The number of alkyl halides is 3. The number of hydrogen-bond acceptors (Lipinski definition) is 2. The fourth-order valence-corrected chi connectivity index (χ4v) is 8.12. The van der Waals surface area contributed by atoms with Crippen molar-refractivity contribution in [3.05, 3.63) is 0 Å². The van der Waals surface area contributed by atoms with Gasteiger partial charge in [-0.2, -0.15) is 0 Å². The van der Waals surface area contributed by atoms with Gasteiger partial charge >= 0.3 is 0 Å². The second-order valence-electron chi connectivity index (χ2n) is 9.86. The van der Waals surface area contributed by atoms with Crippen molar-refractivity contribution in [1.29, 1.82) is 0 Å². The molecule has 2 nitrogen and oxygen atoms in total. The Bertz CT molecular complexity index is 570. The highest BCUT2D eigenvalue weighted by atomic mass is 79.9. The zero-order valence-electron chi connectivity index (χ0n) is 15.6. The molecule has 4 saturated carbocycles. The van der Waals surface area contributed by atoms with E-state index in [1.54, 1.807) is 0 Å². The van der Waals surface area contributed by atoms with Crippen molar-refractivity contribution in [1.82, 2.24) is 0 Å². The maximum Gasteiger partial charge on any atom is 0.266 e. The molecule has 1 unspecified atom stereocenters. The van der Waals surface area contributed by atoms with E-state index >= 15 is 0 Å². The van der Waals surface area contributed by atoms with Gasteiger partial charge in [0, 0.05) is 5.92 Å². The Kier molecular flexibility index (Phi) is 5.04. The number of halogens is 3. The molecule has 4 aliphatic rings. The number of Topliss-reactive ketones (excluding diaryl/α,β-unsaturated/α-hetero) is 1. The summed E-state index contributed by atoms with van der Waals surface area (Å²) in [6.45, 7) is 2.34. The van der Waals surface area contributed by atoms with E-state index in [1.165, 1.54) is 0 Å². The Morgan fingerprint density at radius 3 is 2.50 bits per heavy atom. The van der Waals surface area contributed by atoms with Crippen LogP contribution in [-0.4, -0.2) is 28.2 Å². The number of rotatable bonds is 3. The molecule has 0 aliphatic heterocycles. The van der Waals surface area contributed by atoms with Gasteiger partial charge in [0.15, 0.2) is 0 Å². The summed E-state index contributed by atoms with van der Waals surface area (Å²) in [6, 6.07) is 0. The highest BCUT2D eigenvalue weighted by Crippen LogP contribution is 2.64. The van der Waals surface area contributed by atoms with Crippen LogP contribution >= 0.6 is 15.9 Å². The standard InChI is InChI=1S/C21H31BrF2O2/c1-20-8-6-14-13-7-9-21(26,19(23)24)10-12(13)2-3-15(14)16(20)4-5-17(20)18(25)11-22/h12-17,19,26H,2-11H2,1H3/t12-,13+,14-,15?,16+,17-,20+,21-/m1/s1. The molecule has 4 aliphatic carbocycles. The maximum absolute atomic E-state index is 13.3. The van der Waals surface area contributed by atoms with Crippen LogP contribution in [0, 0.1) is 40.9 Å². The van der Waals surface area contributed by atoms with Crippen molar-refractivity contribution in [2.75, 3.05) is 5.33 Å². The molecular formula is C21H31BrF2O2. The van der Waals surface area contributed by atoms with Gasteiger partial charge in [0.2, 0.25) is 0 Å². The predicted molar refractivity (Wildman–Crippen MR) is 100 cm³/mol. The van der Waals surface area contributed by atoms with Gasteiger partial charge < -0.3 is 5.11 Å².